The molecule has 2 amide bonds. The lowest BCUT2D eigenvalue weighted by molar-refractivity contribution is -0.151. The highest BCUT2D eigenvalue weighted by Gasteiger charge is 2.48. The zero-order valence-corrected chi connectivity index (χ0v) is 23.2. The number of halogens is 1. The Bertz CT molecular complexity index is 1210. The van der Waals surface area contributed by atoms with Crippen LogP contribution in [0, 0.1) is 5.92 Å². The van der Waals surface area contributed by atoms with Crippen LogP contribution in [0.15, 0.2) is 23.1 Å². The van der Waals surface area contributed by atoms with Crippen molar-refractivity contribution in [1.29, 1.82) is 0 Å². The van der Waals surface area contributed by atoms with Crippen LogP contribution in [0.2, 0.25) is 5.02 Å². The van der Waals surface area contributed by atoms with Crippen molar-refractivity contribution in [2.45, 2.75) is 87.4 Å². The monoisotopic (exact) mass is 586 g/mol. The molecule has 0 unspecified atom stereocenters. The molecule has 0 bridgehead atoms. The Labute approximate surface area is 232 Å². The van der Waals surface area contributed by atoms with Crippen molar-refractivity contribution in [3.8, 4) is 0 Å². The van der Waals surface area contributed by atoms with Crippen molar-refractivity contribution in [3.63, 3.8) is 0 Å². The molecule has 12 nitrogen and oxygen atoms in total. The van der Waals surface area contributed by atoms with Crippen molar-refractivity contribution in [2.75, 3.05) is 6.54 Å². The van der Waals surface area contributed by atoms with Gasteiger partial charge in [-0.15, -0.1) is 0 Å². The average molecular weight is 587 g/mol. The van der Waals surface area contributed by atoms with Crippen LogP contribution in [-0.4, -0.2) is 78.0 Å². The van der Waals surface area contributed by atoms with Gasteiger partial charge in [-0.25, -0.2) is 18.4 Å². The van der Waals surface area contributed by atoms with E-state index in [0.29, 0.717) is 19.3 Å². The second kappa shape index (κ2) is 13.1. The number of fused-ring (bicyclic) bond motifs is 1. The molecule has 216 valence electrons. The van der Waals surface area contributed by atoms with E-state index in [9.17, 15) is 37.8 Å². The number of sulfonamides is 1. The molecule has 3 rings (SSSR count). The van der Waals surface area contributed by atoms with Crippen molar-refractivity contribution in [3.05, 3.63) is 28.8 Å². The quantitative estimate of drug-likeness (QED) is 0.226. The molecule has 2 fully saturated rings. The van der Waals surface area contributed by atoms with Crippen LogP contribution in [0.5, 0.6) is 0 Å². The second-order valence-corrected chi connectivity index (χ2v) is 12.1. The lowest BCUT2D eigenvalue weighted by Gasteiger charge is -2.35. The summed E-state index contributed by atoms with van der Waals surface area (Å²) < 4.78 is 23.2. The number of rotatable bonds is 12. The second-order valence-electron chi connectivity index (χ2n) is 10.2. The first-order chi connectivity index (χ1) is 18.3. The molecule has 1 aliphatic carbocycles. The van der Waals surface area contributed by atoms with Gasteiger partial charge < -0.3 is 20.4 Å². The molecule has 0 aromatic heterocycles. The minimum absolute atomic E-state index is 0.0580. The summed E-state index contributed by atoms with van der Waals surface area (Å²) in [6.07, 6.45) is 5.01. The first-order valence-electron chi connectivity index (χ1n) is 13.0. The van der Waals surface area contributed by atoms with E-state index >= 15 is 0 Å². The first kappa shape index (κ1) is 30.8. The number of aliphatic carboxylic acids is 2. The fourth-order valence-electron chi connectivity index (χ4n) is 5.51. The fraction of sp³-hybridized carbons (Fsp3) is 0.600. The molecule has 0 spiro atoms. The third-order valence-corrected chi connectivity index (χ3v) is 8.84. The Balaban J connectivity index is 1.51. The zero-order valence-electron chi connectivity index (χ0n) is 21.6. The van der Waals surface area contributed by atoms with E-state index in [2.05, 4.69) is 10.6 Å². The summed E-state index contributed by atoms with van der Waals surface area (Å²) in [5.41, 5.74) is 0.0580. The van der Waals surface area contributed by atoms with Gasteiger partial charge in [0.1, 0.15) is 17.0 Å². The van der Waals surface area contributed by atoms with E-state index in [0.717, 1.165) is 31.7 Å². The molecule has 1 aliphatic heterocycles. The molecule has 1 saturated carbocycles. The molecule has 1 aromatic rings. The third-order valence-electron chi connectivity index (χ3n) is 7.45. The molecule has 6 N–H and O–H groups in total. The molecule has 0 radical (unpaired) electrons. The minimum Gasteiger partial charge on any atom is -0.480 e. The van der Waals surface area contributed by atoms with Crippen molar-refractivity contribution < 1.29 is 37.8 Å². The number of carbonyl (C=O) groups excluding carboxylic acids is 2. The van der Waals surface area contributed by atoms with Gasteiger partial charge in [0, 0.05) is 18.2 Å². The number of unbranched alkanes of at least 4 members (excludes halogenated alkanes) is 1. The molecule has 1 saturated heterocycles. The summed E-state index contributed by atoms with van der Waals surface area (Å²) in [7, 11) is -4.10. The smallest absolute Gasteiger partial charge is 0.326 e. The normalized spacial score (nSPS) is 22.5. The number of benzene rings is 1. The molecular formula is C25H35ClN4O8S. The number of nitrogens with two attached hydrogens (primary N) is 1. The zero-order chi connectivity index (χ0) is 28.9. The Morgan fingerprint density at radius 2 is 1.85 bits per heavy atom. The van der Waals surface area contributed by atoms with Crippen LogP contribution in [0.1, 0.15) is 68.6 Å². The number of carboxylic acid groups (broad SMARTS) is 2. The topological polar surface area (TPSA) is 196 Å². The van der Waals surface area contributed by atoms with Crippen molar-refractivity contribution in [2.24, 2.45) is 11.1 Å². The van der Waals surface area contributed by atoms with Gasteiger partial charge in [0.2, 0.25) is 15.9 Å². The van der Waals surface area contributed by atoms with Crippen LogP contribution < -0.4 is 15.8 Å². The number of hydrogen-bond donors (Lipinski definition) is 5. The lowest BCUT2D eigenvalue weighted by atomic mass is 9.84. The number of nitrogens with zero attached hydrogens (tertiary/aromatic N) is 1. The van der Waals surface area contributed by atoms with E-state index < -0.39 is 51.9 Å². The van der Waals surface area contributed by atoms with Crippen LogP contribution in [0.4, 0.5) is 0 Å². The fourth-order valence-corrected chi connectivity index (χ4v) is 6.58. The summed E-state index contributed by atoms with van der Waals surface area (Å²) in [5.74, 6) is -2.97. The predicted molar refractivity (Wildman–Crippen MR) is 142 cm³/mol. The van der Waals surface area contributed by atoms with E-state index in [1.165, 1.54) is 17.0 Å². The molecule has 5 atom stereocenters. The number of carboxylic acids is 2. The molecule has 14 heteroatoms. The van der Waals surface area contributed by atoms with Crippen LogP contribution in [0.3, 0.4) is 0 Å². The average Bonchev–Trinajstić information content (AvgIpc) is 3.26. The Kier molecular flexibility index (Phi) is 10.3. The highest BCUT2D eigenvalue weighted by Crippen LogP contribution is 2.40. The summed E-state index contributed by atoms with van der Waals surface area (Å²) in [5, 5.41) is 29.9. The number of nitrogens with one attached hydrogen (secondary N) is 2. The largest absolute Gasteiger partial charge is 0.480 e. The maximum absolute atomic E-state index is 13.3. The number of primary sulfonamides is 1. The Morgan fingerprint density at radius 3 is 2.49 bits per heavy atom. The summed E-state index contributed by atoms with van der Waals surface area (Å²) in [4.78, 5) is 50.5. The highest BCUT2D eigenvalue weighted by atomic mass is 35.5. The predicted octanol–water partition coefficient (Wildman–Crippen LogP) is 1.56. The maximum atomic E-state index is 13.3. The van der Waals surface area contributed by atoms with E-state index in [1.807, 2.05) is 0 Å². The van der Waals surface area contributed by atoms with E-state index in [4.69, 9.17) is 16.7 Å². The summed E-state index contributed by atoms with van der Waals surface area (Å²) in [6.45, 7) is 1.75. The minimum atomic E-state index is -4.10. The number of carbonyl (C=O) groups is 4. The standard InChI is InChI=1S/C25H35ClN4O8S/c1-14(23(32)30-19-8-3-2-6-15(19)12-20(30)25(35)36)29-18(24(33)34)7-4-5-11-28-22(31)16-9-10-17(26)21(13-16)39(27,37)38/h9-10,13-15,18-20,29H,2-8,11-12H2,1H3,(H,28,31)(H,33,34)(H,35,36)(H2,27,37,38)/t14-,15+,18-,19+,20-/m0/s1. The molecule has 2 aliphatic rings. The summed E-state index contributed by atoms with van der Waals surface area (Å²) >= 11 is 5.84. The van der Waals surface area contributed by atoms with Gasteiger partial charge in [-0.05, 0) is 69.6 Å². The number of amides is 2. The Hall–Kier alpha value is -2.74. The van der Waals surface area contributed by atoms with E-state index in [1.54, 1.807) is 6.92 Å². The van der Waals surface area contributed by atoms with E-state index in [-0.39, 0.29) is 40.4 Å². The SMILES string of the molecule is C[C@H](N[C@@H](CCCCNC(=O)c1ccc(Cl)c(S(N)(=O)=O)c1)C(=O)O)C(=O)N1[C@@H]2CCCC[C@@H]2C[C@H]1C(=O)O. The highest BCUT2D eigenvalue weighted by molar-refractivity contribution is 7.89. The van der Waals surface area contributed by atoms with Crippen molar-refractivity contribution in [1.82, 2.24) is 15.5 Å². The molecular weight excluding hydrogens is 552 g/mol. The number of hydrogen-bond acceptors (Lipinski definition) is 7. The van der Waals surface area contributed by atoms with Crippen LogP contribution in [0.25, 0.3) is 0 Å². The van der Waals surface area contributed by atoms with Gasteiger partial charge in [0.05, 0.1) is 11.1 Å². The van der Waals surface area contributed by atoms with Crippen molar-refractivity contribution >= 4 is 45.4 Å². The molecule has 1 heterocycles. The molecule has 1 aromatic carbocycles. The number of likely N-dealkylation sites (tertiary alicyclic amines) is 1. The van der Waals surface area contributed by atoms with Crippen LogP contribution in [-0.2, 0) is 24.4 Å². The van der Waals surface area contributed by atoms with Gasteiger partial charge in [-0.2, -0.15) is 0 Å². The maximum Gasteiger partial charge on any atom is 0.326 e. The van der Waals surface area contributed by atoms with Gasteiger partial charge in [0.15, 0.2) is 0 Å². The third kappa shape index (κ3) is 7.68. The summed E-state index contributed by atoms with van der Waals surface area (Å²) in [6, 6.07) is 0.749. The first-order valence-corrected chi connectivity index (χ1v) is 14.9. The lowest BCUT2D eigenvalue weighted by Crippen LogP contribution is -2.55. The molecule has 39 heavy (non-hydrogen) atoms. The Morgan fingerprint density at radius 1 is 1.15 bits per heavy atom. The van der Waals surface area contributed by atoms with Gasteiger partial charge in [0.25, 0.3) is 5.91 Å². The van der Waals surface area contributed by atoms with Gasteiger partial charge >= 0.3 is 11.9 Å². The van der Waals surface area contributed by atoms with Crippen LogP contribution >= 0.6 is 11.6 Å². The van der Waals surface area contributed by atoms with Gasteiger partial charge in [-0.1, -0.05) is 24.4 Å². The van der Waals surface area contributed by atoms with Gasteiger partial charge in [-0.3, -0.25) is 19.7 Å².